The van der Waals surface area contributed by atoms with Crippen LogP contribution in [0.2, 0.25) is 0 Å². The second kappa shape index (κ2) is 4.11. The molecule has 0 atom stereocenters. The van der Waals surface area contributed by atoms with Gasteiger partial charge in [-0.15, -0.1) is 0 Å². The van der Waals surface area contributed by atoms with Crippen LogP contribution in [0.1, 0.15) is 5.56 Å². The molecule has 0 amide bonds. The molecule has 2 rings (SSSR count). The summed E-state index contributed by atoms with van der Waals surface area (Å²) in [4.78, 5) is 4.14. The van der Waals surface area contributed by atoms with Gasteiger partial charge in [0.1, 0.15) is 6.61 Å². The van der Waals surface area contributed by atoms with Gasteiger partial charge in [-0.3, -0.25) is 0 Å². The SMILES string of the molecule is NCc1cccc(NC2=NCCO2)c1. The first-order chi connectivity index (χ1) is 6.88. The third-order valence-electron chi connectivity index (χ3n) is 2.00. The van der Waals surface area contributed by atoms with Gasteiger partial charge in [0.2, 0.25) is 0 Å². The average molecular weight is 191 g/mol. The molecule has 1 aromatic rings. The van der Waals surface area contributed by atoms with E-state index in [9.17, 15) is 0 Å². The van der Waals surface area contributed by atoms with Gasteiger partial charge in [0, 0.05) is 12.2 Å². The fraction of sp³-hybridized carbons (Fsp3) is 0.300. The van der Waals surface area contributed by atoms with Crippen molar-refractivity contribution in [2.75, 3.05) is 18.5 Å². The Morgan fingerprint density at radius 1 is 1.50 bits per heavy atom. The molecule has 3 N–H and O–H groups in total. The summed E-state index contributed by atoms with van der Waals surface area (Å²) in [6.07, 6.45) is 0. The van der Waals surface area contributed by atoms with Gasteiger partial charge >= 0.3 is 0 Å². The molecule has 1 aliphatic heterocycles. The van der Waals surface area contributed by atoms with Gasteiger partial charge in [0.15, 0.2) is 0 Å². The van der Waals surface area contributed by atoms with E-state index in [1.807, 2.05) is 24.3 Å². The molecular formula is C10H13N3O. The summed E-state index contributed by atoms with van der Waals surface area (Å²) in [6.45, 7) is 1.95. The highest BCUT2D eigenvalue weighted by Gasteiger charge is 2.06. The Balaban J connectivity index is 2.08. The Bertz CT molecular complexity index is 349. The van der Waals surface area contributed by atoms with Gasteiger partial charge in [-0.1, -0.05) is 12.1 Å². The van der Waals surface area contributed by atoms with E-state index in [-0.39, 0.29) is 0 Å². The third-order valence-corrected chi connectivity index (χ3v) is 2.00. The Kier molecular flexibility index (Phi) is 2.65. The molecule has 0 bridgehead atoms. The normalized spacial score (nSPS) is 14.8. The first-order valence-corrected chi connectivity index (χ1v) is 4.62. The number of amidine groups is 1. The van der Waals surface area contributed by atoms with Crippen LogP contribution >= 0.6 is 0 Å². The molecule has 74 valence electrons. The number of ether oxygens (including phenoxy) is 1. The predicted octanol–water partition coefficient (Wildman–Crippen LogP) is 0.943. The number of hydrogen-bond donors (Lipinski definition) is 2. The van der Waals surface area contributed by atoms with Crippen molar-refractivity contribution in [3.05, 3.63) is 29.8 Å². The first kappa shape index (κ1) is 9.02. The van der Waals surface area contributed by atoms with Crippen molar-refractivity contribution in [1.82, 2.24) is 0 Å². The van der Waals surface area contributed by atoms with Gasteiger partial charge in [-0.25, -0.2) is 4.99 Å². The smallest absolute Gasteiger partial charge is 0.289 e. The summed E-state index contributed by atoms with van der Waals surface area (Å²) < 4.78 is 5.24. The summed E-state index contributed by atoms with van der Waals surface area (Å²) >= 11 is 0. The Hall–Kier alpha value is -1.55. The molecule has 1 aliphatic rings. The lowest BCUT2D eigenvalue weighted by molar-refractivity contribution is 0.346. The summed E-state index contributed by atoms with van der Waals surface area (Å²) in [5.41, 5.74) is 7.60. The highest BCUT2D eigenvalue weighted by molar-refractivity contribution is 5.89. The van der Waals surface area contributed by atoms with E-state index in [0.29, 0.717) is 19.2 Å². The fourth-order valence-electron chi connectivity index (χ4n) is 1.31. The first-order valence-electron chi connectivity index (χ1n) is 4.62. The van der Waals surface area contributed by atoms with Gasteiger partial charge in [0.25, 0.3) is 6.02 Å². The molecule has 0 radical (unpaired) electrons. The molecule has 0 aromatic heterocycles. The molecular weight excluding hydrogens is 178 g/mol. The number of aliphatic imine (C=N–C) groups is 1. The number of nitrogens with zero attached hydrogens (tertiary/aromatic N) is 1. The largest absolute Gasteiger partial charge is 0.463 e. The molecule has 1 heterocycles. The van der Waals surface area contributed by atoms with E-state index < -0.39 is 0 Å². The van der Waals surface area contributed by atoms with Crippen LogP contribution in [0.25, 0.3) is 0 Å². The quantitative estimate of drug-likeness (QED) is 0.731. The van der Waals surface area contributed by atoms with E-state index in [1.165, 1.54) is 0 Å². The standard InChI is InChI=1S/C10H13N3O/c11-7-8-2-1-3-9(6-8)13-10-12-4-5-14-10/h1-3,6H,4-5,7,11H2,(H,12,13). The predicted molar refractivity (Wildman–Crippen MR) is 56.2 cm³/mol. The van der Waals surface area contributed by atoms with Crippen LogP contribution in [0, 0.1) is 0 Å². The van der Waals surface area contributed by atoms with Crippen molar-refractivity contribution in [2.45, 2.75) is 6.54 Å². The molecule has 1 aromatic carbocycles. The van der Waals surface area contributed by atoms with Crippen LogP contribution < -0.4 is 11.1 Å². The number of nitrogens with two attached hydrogens (primary N) is 1. The van der Waals surface area contributed by atoms with E-state index in [1.54, 1.807) is 0 Å². The summed E-state index contributed by atoms with van der Waals surface area (Å²) in [5, 5.41) is 3.09. The Labute approximate surface area is 82.8 Å². The Morgan fingerprint density at radius 3 is 3.14 bits per heavy atom. The van der Waals surface area contributed by atoms with Gasteiger partial charge in [0.05, 0.1) is 6.54 Å². The van der Waals surface area contributed by atoms with Crippen LogP contribution in [0.3, 0.4) is 0 Å². The number of rotatable bonds is 2. The Morgan fingerprint density at radius 2 is 2.43 bits per heavy atom. The van der Waals surface area contributed by atoms with Gasteiger partial charge in [-0.05, 0) is 17.7 Å². The van der Waals surface area contributed by atoms with Gasteiger partial charge < -0.3 is 15.8 Å². The molecule has 0 aliphatic carbocycles. The zero-order chi connectivity index (χ0) is 9.80. The maximum absolute atomic E-state index is 5.54. The number of nitrogens with one attached hydrogen (secondary N) is 1. The van der Waals surface area contributed by atoms with Crippen molar-refractivity contribution in [3.63, 3.8) is 0 Å². The summed E-state index contributed by atoms with van der Waals surface area (Å²) in [5.74, 6) is 0. The molecule has 0 fully saturated rings. The van der Waals surface area contributed by atoms with E-state index >= 15 is 0 Å². The van der Waals surface area contributed by atoms with Crippen LogP contribution in [0.4, 0.5) is 5.69 Å². The maximum atomic E-state index is 5.54. The van der Waals surface area contributed by atoms with Crippen molar-refractivity contribution in [1.29, 1.82) is 0 Å². The van der Waals surface area contributed by atoms with Crippen molar-refractivity contribution < 1.29 is 4.74 Å². The molecule has 4 heteroatoms. The fourth-order valence-corrected chi connectivity index (χ4v) is 1.31. The maximum Gasteiger partial charge on any atom is 0.289 e. The highest BCUT2D eigenvalue weighted by atomic mass is 16.5. The van der Waals surface area contributed by atoms with Crippen molar-refractivity contribution in [3.8, 4) is 0 Å². The minimum Gasteiger partial charge on any atom is -0.463 e. The van der Waals surface area contributed by atoms with Crippen LogP contribution in [0.5, 0.6) is 0 Å². The van der Waals surface area contributed by atoms with E-state index in [0.717, 1.165) is 17.8 Å². The number of hydrogen-bond acceptors (Lipinski definition) is 4. The monoisotopic (exact) mass is 191 g/mol. The number of anilines is 1. The second-order valence-corrected chi connectivity index (χ2v) is 3.06. The average Bonchev–Trinajstić information content (AvgIpc) is 2.71. The molecule has 14 heavy (non-hydrogen) atoms. The van der Waals surface area contributed by atoms with Crippen LogP contribution in [-0.4, -0.2) is 19.2 Å². The zero-order valence-corrected chi connectivity index (χ0v) is 7.86. The minimum atomic E-state index is 0.544. The lowest BCUT2D eigenvalue weighted by Gasteiger charge is -2.06. The lowest BCUT2D eigenvalue weighted by Crippen LogP contribution is -2.12. The minimum absolute atomic E-state index is 0.544. The van der Waals surface area contributed by atoms with Crippen LogP contribution in [-0.2, 0) is 11.3 Å². The molecule has 0 saturated heterocycles. The van der Waals surface area contributed by atoms with Gasteiger partial charge in [-0.2, -0.15) is 0 Å². The third kappa shape index (κ3) is 2.03. The van der Waals surface area contributed by atoms with Crippen molar-refractivity contribution in [2.24, 2.45) is 10.7 Å². The molecule has 4 nitrogen and oxygen atoms in total. The van der Waals surface area contributed by atoms with Crippen molar-refractivity contribution >= 4 is 11.7 Å². The summed E-state index contributed by atoms with van der Waals surface area (Å²) in [7, 11) is 0. The topological polar surface area (TPSA) is 59.6 Å². The second-order valence-electron chi connectivity index (χ2n) is 3.06. The van der Waals surface area contributed by atoms with E-state index in [4.69, 9.17) is 10.5 Å². The number of benzene rings is 1. The molecule has 0 spiro atoms. The summed E-state index contributed by atoms with van der Waals surface area (Å²) in [6, 6.07) is 8.50. The molecule has 0 saturated carbocycles. The van der Waals surface area contributed by atoms with Crippen LogP contribution in [0.15, 0.2) is 29.3 Å². The lowest BCUT2D eigenvalue weighted by atomic mass is 10.2. The van der Waals surface area contributed by atoms with E-state index in [2.05, 4.69) is 10.3 Å². The highest BCUT2D eigenvalue weighted by Crippen LogP contribution is 2.11. The zero-order valence-electron chi connectivity index (χ0n) is 7.86. The molecule has 0 unspecified atom stereocenters.